The van der Waals surface area contributed by atoms with Crippen LogP contribution in [0.2, 0.25) is 5.02 Å². The third-order valence-corrected chi connectivity index (χ3v) is 5.03. The molecule has 1 aromatic rings. The molecule has 3 rings (SSSR count). The monoisotopic (exact) mass is 397 g/mol. The Morgan fingerprint density at radius 2 is 1.96 bits per heavy atom. The zero-order chi connectivity index (χ0) is 19.4. The van der Waals surface area contributed by atoms with Gasteiger partial charge in [-0.25, -0.2) is 14.8 Å². The summed E-state index contributed by atoms with van der Waals surface area (Å²) in [6.07, 6.45) is 3.71. The number of carbonyl (C=O) groups excluding carboxylic acids is 2. The Morgan fingerprint density at radius 3 is 2.59 bits per heavy atom. The number of primary amides is 1. The molecule has 2 amide bonds. The van der Waals surface area contributed by atoms with Crippen molar-refractivity contribution in [1.82, 2.24) is 14.9 Å². The second-order valence-corrected chi connectivity index (χ2v) is 7.25. The van der Waals surface area contributed by atoms with Gasteiger partial charge in [-0.15, -0.1) is 0 Å². The number of halogens is 1. The number of hydrogen-bond donors (Lipinski definition) is 1. The molecule has 0 aliphatic carbocycles. The lowest BCUT2D eigenvalue weighted by Crippen LogP contribution is -2.47. The number of likely N-dealkylation sites (tertiary alicyclic amines) is 1. The Kier molecular flexibility index (Phi) is 6.33. The second-order valence-electron chi connectivity index (χ2n) is 6.81. The highest BCUT2D eigenvalue weighted by Gasteiger charge is 2.38. The van der Waals surface area contributed by atoms with E-state index < -0.39 is 18.3 Å². The van der Waals surface area contributed by atoms with Crippen LogP contribution in [-0.2, 0) is 14.3 Å². The van der Waals surface area contributed by atoms with Gasteiger partial charge in [0, 0.05) is 32.1 Å². The van der Waals surface area contributed by atoms with Crippen molar-refractivity contribution in [3.8, 4) is 0 Å². The van der Waals surface area contributed by atoms with Crippen LogP contribution < -0.4 is 10.6 Å². The molecule has 9 nitrogen and oxygen atoms in total. The van der Waals surface area contributed by atoms with Crippen molar-refractivity contribution in [2.24, 2.45) is 5.73 Å². The van der Waals surface area contributed by atoms with E-state index in [1.54, 1.807) is 19.3 Å². The minimum absolute atomic E-state index is 0.00229. The van der Waals surface area contributed by atoms with E-state index in [1.807, 2.05) is 4.90 Å². The van der Waals surface area contributed by atoms with Crippen molar-refractivity contribution in [2.75, 3.05) is 31.1 Å². The van der Waals surface area contributed by atoms with Crippen LogP contribution in [0.25, 0.3) is 0 Å². The topological polar surface area (TPSA) is 111 Å². The number of aromatic nitrogens is 2. The number of rotatable bonds is 6. The lowest BCUT2D eigenvalue weighted by molar-refractivity contribution is -0.140. The highest BCUT2D eigenvalue weighted by Crippen LogP contribution is 2.25. The molecule has 148 valence electrons. The first-order valence-corrected chi connectivity index (χ1v) is 9.42. The molecule has 2 aliphatic rings. The van der Waals surface area contributed by atoms with Gasteiger partial charge in [0.15, 0.2) is 0 Å². The summed E-state index contributed by atoms with van der Waals surface area (Å²) < 4.78 is 10.4. The number of piperidine rings is 1. The van der Waals surface area contributed by atoms with Crippen molar-refractivity contribution in [2.45, 2.75) is 44.4 Å². The van der Waals surface area contributed by atoms with Gasteiger partial charge in [0.05, 0.1) is 24.0 Å². The predicted molar refractivity (Wildman–Crippen MR) is 98.5 cm³/mol. The van der Waals surface area contributed by atoms with Gasteiger partial charge < -0.3 is 25.0 Å². The molecule has 2 saturated heterocycles. The number of carbonyl (C=O) groups is 2. The van der Waals surface area contributed by atoms with E-state index in [1.165, 1.54) is 0 Å². The van der Waals surface area contributed by atoms with Crippen LogP contribution in [0.5, 0.6) is 0 Å². The number of anilines is 1. The van der Waals surface area contributed by atoms with Crippen molar-refractivity contribution in [3.63, 3.8) is 0 Å². The Hall–Kier alpha value is -2.13. The quantitative estimate of drug-likeness (QED) is 0.767. The van der Waals surface area contributed by atoms with E-state index in [4.69, 9.17) is 26.8 Å². The number of hydrogen-bond acceptors (Lipinski definition) is 7. The SMILES string of the molecule is CC(CO[C@@H]1CCN(C2CCN(c3ncc(Cl)cn3)CC2)C1=O)OC(N)=O. The van der Waals surface area contributed by atoms with Crippen LogP contribution in [0.3, 0.4) is 0 Å². The maximum Gasteiger partial charge on any atom is 0.404 e. The van der Waals surface area contributed by atoms with E-state index >= 15 is 0 Å². The minimum Gasteiger partial charge on any atom is -0.444 e. The third-order valence-electron chi connectivity index (χ3n) is 4.83. The molecule has 3 heterocycles. The molecule has 10 heteroatoms. The van der Waals surface area contributed by atoms with Crippen LogP contribution in [0.15, 0.2) is 12.4 Å². The molecular weight excluding hydrogens is 374 g/mol. The fraction of sp³-hybridized carbons (Fsp3) is 0.647. The lowest BCUT2D eigenvalue weighted by atomic mass is 10.0. The van der Waals surface area contributed by atoms with Crippen molar-refractivity contribution < 1.29 is 19.1 Å². The number of ether oxygens (including phenoxy) is 2. The van der Waals surface area contributed by atoms with Crippen molar-refractivity contribution in [1.29, 1.82) is 0 Å². The number of amides is 2. The standard InChI is InChI=1S/C17H24ClN5O4/c1-11(27-16(19)25)10-26-14-4-7-23(15(14)24)13-2-5-22(6-3-13)17-20-8-12(18)9-21-17/h8-9,11,13-14H,2-7,10H2,1H3,(H2,19,25)/t11?,14-/m1/s1. The van der Waals surface area contributed by atoms with Gasteiger partial charge in [0.2, 0.25) is 5.95 Å². The summed E-state index contributed by atoms with van der Waals surface area (Å²) in [5.41, 5.74) is 4.97. The Bertz CT molecular complexity index is 666. The van der Waals surface area contributed by atoms with Crippen LogP contribution >= 0.6 is 11.6 Å². The molecule has 2 fully saturated rings. The molecule has 2 atom stereocenters. The van der Waals surface area contributed by atoms with Gasteiger partial charge in [-0.2, -0.15) is 0 Å². The molecule has 0 bridgehead atoms. The fourth-order valence-corrected chi connectivity index (χ4v) is 3.62. The van der Waals surface area contributed by atoms with Crippen LogP contribution in [0.1, 0.15) is 26.2 Å². The average Bonchev–Trinajstić information content (AvgIpc) is 3.01. The van der Waals surface area contributed by atoms with Gasteiger partial charge in [0.1, 0.15) is 12.2 Å². The van der Waals surface area contributed by atoms with Gasteiger partial charge in [-0.3, -0.25) is 4.79 Å². The predicted octanol–water partition coefficient (Wildman–Crippen LogP) is 1.20. The van der Waals surface area contributed by atoms with E-state index in [9.17, 15) is 9.59 Å². The summed E-state index contributed by atoms with van der Waals surface area (Å²) in [6.45, 7) is 4.07. The summed E-state index contributed by atoms with van der Waals surface area (Å²) in [7, 11) is 0. The normalized spacial score (nSPS) is 22.1. The maximum absolute atomic E-state index is 12.6. The van der Waals surface area contributed by atoms with Gasteiger partial charge in [-0.1, -0.05) is 11.6 Å². The van der Waals surface area contributed by atoms with Crippen molar-refractivity contribution >= 4 is 29.5 Å². The lowest BCUT2D eigenvalue weighted by Gasteiger charge is -2.36. The average molecular weight is 398 g/mol. The highest BCUT2D eigenvalue weighted by molar-refractivity contribution is 6.30. The van der Waals surface area contributed by atoms with E-state index in [2.05, 4.69) is 14.9 Å². The molecule has 0 radical (unpaired) electrons. The van der Waals surface area contributed by atoms with E-state index in [0.29, 0.717) is 23.9 Å². The molecule has 0 saturated carbocycles. The molecule has 27 heavy (non-hydrogen) atoms. The summed E-state index contributed by atoms with van der Waals surface area (Å²) in [5, 5.41) is 0.512. The Balaban J connectivity index is 1.47. The van der Waals surface area contributed by atoms with Gasteiger partial charge in [0.25, 0.3) is 5.91 Å². The van der Waals surface area contributed by atoms with E-state index in [0.717, 1.165) is 25.9 Å². The zero-order valence-electron chi connectivity index (χ0n) is 15.2. The van der Waals surface area contributed by atoms with Crippen LogP contribution in [0, 0.1) is 0 Å². The summed E-state index contributed by atoms with van der Waals surface area (Å²) in [5.74, 6) is 0.665. The second kappa shape index (κ2) is 8.71. The van der Waals surface area contributed by atoms with E-state index in [-0.39, 0.29) is 18.6 Å². The minimum atomic E-state index is -0.845. The van der Waals surface area contributed by atoms with Crippen molar-refractivity contribution in [3.05, 3.63) is 17.4 Å². The van der Waals surface area contributed by atoms with Gasteiger partial charge >= 0.3 is 6.09 Å². The third kappa shape index (κ3) is 4.98. The van der Waals surface area contributed by atoms with Crippen LogP contribution in [-0.4, -0.2) is 71.4 Å². The molecule has 2 N–H and O–H groups in total. The molecule has 1 unspecified atom stereocenters. The largest absolute Gasteiger partial charge is 0.444 e. The maximum atomic E-state index is 12.6. The summed E-state index contributed by atoms with van der Waals surface area (Å²) in [6, 6.07) is 0.189. The Morgan fingerprint density at radius 1 is 1.30 bits per heavy atom. The van der Waals surface area contributed by atoms with Gasteiger partial charge in [-0.05, 0) is 19.8 Å². The molecule has 2 aliphatic heterocycles. The summed E-state index contributed by atoms with van der Waals surface area (Å²) in [4.78, 5) is 35.9. The Labute approximate surface area is 162 Å². The molecule has 0 aromatic carbocycles. The molecule has 0 spiro atoms. The zero-order valence-corrected chi connectivity index (χ0v) is 16.0. The first kappa shape index (κ1) is 19.6. The first-order valence-electron chi connectivity index (χ1n) is 9.04. The molecular formula is C17H24ClN5O4. The van der Waals surface area contributed by atoms with Crippen LogP contribution in [0.4, 0.5) is 10.7 Å². The summed E-state index contributed by atoms with van der Waals surface area (Å²) >= 11 is 5.83. The smallest absolute Gasteiger partial charge is 0.404 e. The first-order chi connectivity index (χ1) is 12.9. The molecule has 1 aromatic heterocycles. The number of nitrogens with two attached hydrogens (primary N) is 1. The fourth-order valence-electron chi connectivity index (χ4n) is 3.52. The number of nitrogens with zero attached hydrogens (tertiary/aromatic N) is 4. The highest BCUT2D eigenvalue weighted by atomic mass is 35.5.